The molecule has 0 radical (unpaired) electrons. The summed E-state index contributed by atoms with van der Waals surface area (Å²) < 4.78 is 10.6. The van der Waals surface area contributed by atoms with Crippen molar-refractivity contribution in [2.45, 2.75) is 6.54 Å². The van der Waals surface area contributed by atoms with Crippen LogP contribution in [0.5, 0.6) is 5.75 Å². The molecular formula is C18H25N7O3. The summed E-state index contributed by atoms with van der Waals surface area (Å²) in [5.41, 5.74) is 0.584. The molecule has 0 unspecified atom stereocenters. The average Bonchev–Trinajstić information content (AvgIpc) is 2.73. The maximum absolute atomic E-state index is 12.3. The third-order valence-corrected chi connectivity index (χ3v) is 4.11. The van der Waals surface area contributed by atoms with Gasteiger partial charge in [-0.05, 0) is 12.1 Å². The van der Waals surface area contributed by atoms with Crippen LogP contribution in [-0.4, -0.2) is 68.5 Å². The van der Waals surface area contributed by atoms with E-state index in [9.17, 15) is 4.79 Å². The van der Waals surface area contributed by atoms with Gasteiger partial charge in [-0.1, -0.05) is 12.1 Å². The van der Waals surface area contributed by atoms with Crippen LogP contribution < -0.4 is 25.2 Å². The normalized spacial score (nSPS) is 13.8. The number of amides is 2. The maximum Gasteiger partial charge on any atom is 0.319 e. The van der Waals surface area contributed by atoms with Crippen molar-refractivity contribution < 1.29 is 14.3 Å². The summed E-state index contributed by atoms with van der Waals surface area (Å²) in [6.07, 6.45) is 0. The topological polar surface area (TPSA) is 105 Å². The molecule has 1 aromatic carbocycles. The van der Waals surface area contributed by atoms with Crippen LogP contribution in [0, 0.1) is 0 Å². The first-order valence-corrected chi connectivity index (χ1v) is 8.99. The molecule has 2 N–H and O–H groups in total. The lowest BCUT2D eigenvalue weighted by atomic mass is 10.3. The summed E-state index contributed by atoms with van der Waals surface area (Å²) in [6, 6.07) is 6.83. The molecule has 3 rings (SSSR count). The molecule has 10 nitrogen and oxygen atoms in total. The zero-order chi connectivity index (χ0) is 19.9. The fourth-order valence-electron chi connectivity index (χ4n) is 2.65. The number of benzene rings is 1. The molecule has 1 aliphatic rings. The van der Waals surface area contributed by atoms with Crippen LogP contribution in [0.2, 0.25) is 0 Å². The van der Waals surface area contributed by atoms with Crippen molar-refractivity contribution in [3.8, 4) is 5.75 Å². The summed E-state index contributed by atoms with van der Waals surface area (Å²) in [6.45, 7) is 2.88. The molecule has 1 aromatic heterocycles. The van der Waals surface area contributed by atoms with E-state index in [0.717, 1.165) is 13.1 Å². The number of anilines is 3. The number of nitrogens with one attached hydrogen (secondary N) is 2. The predicted octanol–water partition coefficient (Wildman–Crippen LogP) is 1.10. The standard InChI is InChI=1S/C18H25N7O3/c1-24(2)16-21-15(22-17(23-16)25-8-10-28-11-9-25)12-19-18(26)20-13-6-4-5-7-14(13)27-3/h4-7H,8-12H2,1-3H3,(H2,19,20,26). The molecule has 0 spiro atoms. The molecule has 2 aromatic rings. The molecule has 0 atom stereocenters. The predicted molar refractivity (Wildman–Crippen MR) is 106 cm³/mol. The maximum atomic E-state index is 12.3. The Labute approximate surface area is 163 Å². The van der Waals surface area contributed by atoms with Crippen molar-refractivity contribution in [2.24, 2.45) is 0 Å². The highest BCUT2D eigenvalue weighted by Crippen LogP contribution is 2.22. The number of hydrogen-bond donors (Lipinski definition) is 2. The minimum atomic E-state index is -0.371. The molecule has 1 saturated heterocycles. The molecule has 0 saturated carbocycles. The minimum Gasteiger partial charge on any atom is -0.495 e. The summed E-state index contributed by atoms with van der Waals surface area (Å²) in [5, 5.41) is 5.54. The van der Waals surface area contributed by atoms with Crippen LogP contribution in [0.1, 0.15) is 5.82 Å². The zero-order valence-corrected chi connectivity index (χ0v) is 16.3. The third kappa shape index (κ3) is 4.97. The van der Waals surface area contributed by atoms with Crippen LogP contribution in [0.25, 0.3) is 0 Å². The number of carbonyl (C=O) groups is 1. The first-order valence-electron chi connectivity index (χ1n) is 8.99. The number of hydrogen-bond acceptors (Lipinski definition) is 8. The van der Waals surface area contributed by atoms with E-state index in [-0.39, 0.29) is 12.6 Å². The average molecular weight is 387 g/mol. The van der Waals surface area contributed by atoms with Crippen LogP contribution in [0.3, 0.4) is 0 Å². The van der Waals surface area contributed by atoms with E-state index in [0.29, 0.717) is 42.4 Å². The van der Waals surface area contributed by atoms with Crippen LogP contribution in [0.15, 0.2) is 24.3 Å². The minimum absolute atomic E-state index is 0.168. The fraction of sp³-hybridized carbons (Fsp3) is 0.444. The van der Waals surface area contributed by atoms with Gasteiger partial charge in [-0.3, -0.25) is 0 Å². The fourth-order valence-corrected chi connectivity index (χ4v) is 2.65. The van der Waals surface area contributed by atoms with E-state index in [2.05, 4.69) is 30.5 Å². The Hall–Kier alpha value is -3.14. The Bertz CT molecular complexity index is 810. The van der Waals surface area contributed by atoms with Gasteiger partial charge in [0.1, 0.15) is 5.75 Å². The smallest absolute Gasteiger partial charge is 0.319 e. The summed E-state index contributed by atoms with van der Waals surface area (Å²) >= 11 is 0. The molecular weight excluding hydrogens is 362 g/mol. The van der Waals surface area contributed by atoms with Crippen molar-refractivity contribution in [1.29, 1.82) is 0 Å². The molecule has 0 bridgehead atoms. The number of morpholine rings is 1. The van der Waals surface area contributed by atoms with E-state index in [1.807, 2.05) is 31.1 Å². The zero-order valence-electron chi connectivity index (χ0n) is 16.3. The number of ether oxygens (including phenoxy) is 2. The molecule has 1 aliphatic heterocycles. The van der Waals surface area contributed by atoms with E-state index in [1.54, 1.807) is 19.2 Å². The van der Waals surface area contributed by atoms with E-state index < -0.39 is 0 Å². The quantitative estimate of drug-likeness (QED) is 0.759. The van der Waals surface area contributed by atoms with E-state index in [1.165, 1.54) is 0 Å². The van der Waals surface area contributed by atoms with Gasteiger partial charge in [-0.15, -0.1) is 0 Å². The Morgan fingerprint density at radius 2 is 1.96 bits per heavy atom. The van der Waals surface area contributed by atoms with Gasteiger partial charge in [0.25, 0.3) is 0 Å². The van der Waals surface area contributed by atoms with Crippen molar-refractivity contribution in [3.63, 3.8) is 0 Å². The van der Waals surface area contributed by atoms with Crippen molar-refractivity contribution in [3.05, 3.63) is 30.1 Å². The highest BCUT2D eigenvalue weighted by molar-refractivity contribution is 5.90. The van der Waals surface area contributed by atoms with Gasteiger partial charge >= 0.3 is 6.03 Å². The second kappa shape index (κ2) is 9.18. The Morgan fingerprint density at radius 1 is 1.21 bits per heavy atom. The molecule has 2 amide bonds. The monoisotopic (exact) mass is 387 g/mol. The number of rotatable bonds is 6. The van der Waals surface area contributed by atoms with Crippen molar-refractivity contribution in [1.82, 2.24) is 20.3 Å². The van der Waals surface area contributed by atoms with Gasteiger partial charge in [0.05, 0.1) is 32.6 Å². The van der Waals surface area contributed by atoms with Gasteiger partial charge < -0.3 is 29.9 Å². The van der Waals surface area contributed by atoms with E-state index >= 15 is 0 Å². The Morgan fingerprint density at radius 3 is 2.68 bits per heavy atom. The molecule has 0 aliphatic carbocycles. The molecule has 2 heterocycles. The van der Waals surface area contributed by atoms with Crippen molar-refractivity contribution in [2.75, 3.05) is 62.6 Å². The SMILES string of the molecule is COc1ccccc1NC(=O)NCc1nc(N(C)C)nc(N2CCOCC2)n1. The van der Waals surface area contributed by atoms with Gasteiger partial charge in [0.2, 0.25) is 11.9 Å². The van der Waals surface area contributed by atoms with Gasteiger partial charge in [0.15, 0.2) is 5.82 Å². The summed E-state index contributed by atoms with van der Waals surface area (Å²) in [4.78, 5) is 29.6. The third-order valence-electron chi connectivity index (χ3n) is 4.11. The number of methoxy groups -OCH3 is 1. The summed E-state index contributed by atoms with van der Waals surface area (Å²) in [5.74, 6) is 2.19. The Kier molecular flexibility index (Phi) is 6.43. The number of urea groups is 1. The molecule has 28 heavy (non-hydrogen) atoms. The van der Waals surface area contributed by atoms with Gasteiger partial charge in [-0.2, -0.15) is 15.0 Å². The van der Waals surface area contributed by atoms with Crippen LogP contribution in [0.4, 0.5) is 22.4 Å². The van der Waals surface area contributed by atoms with Crippen LogP contribution in [-0.2, 0) is 11.3 Å². The second-order valence-corrected chi connectivity index (χ2v) is 6.35. The first-order chi connectivity index (χ1) is 13.6. The number of carbonyl (C=O) groups excluding carboxylic acids is 1. The summed E-state index contributed by atoms with van der Waals surface area (Å²) in [7, 11) is 5.28. The first kappa shape index (κ1) is 19.6. The number of para-hydroxylation sites is 2. The lowest BCUT2D eigenvalue weighted by molar-refractivity contribution is 0.122. The number of aromatic nitrogens is 3. The molecule has 150 valence electrons. The lowest BCUT2D eigenvalue weighted by Gasteiger charge is -2.27. The van der Waals surface area contributed by atoms with Crippen molar-refractivity contribution >= 4 is 23.6 Å². The Balaban J connectivity index is 1.68. The number of nitrogens with zero attached hydrogens (tertiary/aromatic N) is 5. The highest BCUT2D eigenvalue weighted by Gasteiger charge is 2.17. The van der Waals surface area contributed by atoms with Gasteiger partial charge in [-0.25, -0.2) is 4.79 Å². The second-order valence-electron chi connectivity index (χ2n) is 6.35. The largest absolute Gasteiger partial charge is 0.495 e. The lowest BCUT2D eigenvalue weighted by Crippen LogP contribution is -2.38. The van der Waals surface area contributed by atoms with Crippen LogP contribution >= 0.6 is 0 Å². The van der Waals surface area contributed by atoms with Gasteiger partial charge in [0, 0.05) is 27.2 Å². The molecule has 1 fully saturated rings. The molecule has 10 heteroatoms. The van der Waals surface area contributed by atoms with E-state index in [4.69, 9.17) is 9.47 Å². The highest BCUT2D eigenvalue weighted by atomic mass is 16.5.